The Balaban J connectivity index is 2.19. The third kappa shape index (κ3) is 1.93. The lowest BCUT2D eigenvalue weighted by molar-refractivity contribution is 0.623. The van der Waals surface area contributed by atoms with Gasteiger partial charge in [-0.05, 0) is 35.0 Å². The van der Waals surface area contributed by atoms with Crippen molar-refractivity contribution >= 4 is 27.0 Å². The van der Waals surface area contributed by atoms with E-state index in [9.17, 15) is 4.39 Å². The van der Waals surface area contributed by atoms with E-state index in [0.29, 0.717) is 9.99 Å². The summed E-state index contributed by atoms with van der Waals surface area (Å²) in [5, 5.41) is 0. The van der Waals surface area contributed by atoms with Crippen molar-refractivity contribution in [1.82, 2.24) is 9.97 Å². The smallest absolute Gasteiger partial charge is 0.139 e. The molecule has 1 N–H and O–H groups in total. The van der Waals surface area contributed by atoms with Crippen molar-refractivity contribution in [2.75, 3.05) is 0 Å². The molecule has 0 fully saturated rings. The fraction of sp³-hybridized carbons (Fsp3) is 0.0714. The molecule has 0 aliphatic rings. The molecule has 1 heterocycles. The van der Waals surface area contributed by atoms with Crippen molar-refractivity contribution in [1.29, 1.82) is 0 Å². The van der Waals surface area contributed by atoms with Crippen LogP contribution in [0.25, 0.3) is 22.4 Å². The zero-order valence-electron chi connectivity index (χ0n) is 9.67. The van der Waals surface area contributed by atoms with Gasteiger partial charge in [-0.3, -0.25) is 0 Å². The molecule has 0 bridgehead atoms. The topological polar surface area (TPSA) is 28.7 Å². The summed E-state index contributed by atoms with van der Waals surface area (Å²) >= 11 is 3.16. The summed E-state index contributed by atoms with van der Waals surface area (Å²) in [6.45, 7) is 2.03. The zero-order valence-corrected chi connectivity index (χ0v) is 11.3. The third-order valence-electron chi connectivity index (χ3n) is 2.82. The second kappa shape index (κ2) is 4.21. The summed E-state index contributed by atoms with van der Waals surface area (Å²) in [4.78, 5) is 7.61. The molecule has 0 unspecified atom stereocenters. The van der Waals surface area contributed by atoms with E-state index in [1.54, 1.807) is 6.07 Å². The predicted octanol–water partition coefficient (Wildman–Crippen LogP) is 4.44. The van der Waals surface area contributed by atoms with Crippen molar-refractivity contribution < 1.29 is 4.39 Å². The van der Waals surface area contributed by atoms with Crippen molar-refractivity contribution in [3.63, 3.8) is 0 Å². The molecule has 90 valence electrons. The summed E-state index contributed by atoms with van der Waals surface area (Å²) in [5.74, 6) is 0.466. The minimum atomic E-state index is -0.290. The Bertz CT molecular complexity index is 695. The van der Waals surface area contributed by atoms with Gasteiger partial charge in [0.05, 0.1) is 15.5 Å². The molecule has 0 saturated carbocycles. The summed E-state index contributed by atoms with van der Waals surface area (Å²) in [6.07, 6.45) is 0. The van der Waals surface area contributed by atoms with Gasteiger partial charge in [-0.2, -0.15) is 0 Å². The van der Waals surface area contributed by atoms with Gasteiger partial charge in [0.2, 0.25) is 0 Å². The Morgan fingerprint density at radius 1 is 1.22 bits per heavy atom. The molecule has 0 atom stereocenters. The summed E-state index contributed by atoms with van der Waals surface area (Å²) in [5.41, 5.74) is 3.62. The average molecular weight is 305 g/mol. The fourth-order valence-corrected chi connectivity index (χ4v) is 2.27. The van der Waals surface area contributed by atoms with E-state index in [2.05, 4.69) is 25.9 Å². The molecule has 3 rings (SSSR count). The summed E-state index contributed by atoms with van der Waals surface area (Å²) < 4.78 is 13.9. The molecule has 0 spiro atoms. The maximum Gasteiger partial charge on any atom is 0.139 e. The number of benzene rings is 2. The first-order chi connectivity index (χ1) is 8.63. The lowest BCUT2D eigenvalue weighted by Gasteiger charge is -1.97. The summed E-state index contributed by atoms with van der Waals surface area (Å²) in [7, 11) is 0. The fourth-order valence-electron chi connectivity index (χ4n) is 1.93. The average Bonchev–Trinajstić information content (AvgIpc) is 2.73. The lowest BCUT2D eigenvalue weighted by Crippen LogP contribution is -1.80. The monoisotopic (exact) mass is 304 g/mol. The molecule has 0 aliphatic carbocycles. The van der Waals surface area contributed by atoms with Gasteiger partial charge in [-0.25, -0.2) is 9.37 Å². The third-order valence-corrected chi connectivity index (χ3v) is 3.42. The Morgan fingerprint density at radius 3 is 2.83 bits per heavy atom. The quantitative estimate of drug-likeness (QED) is 0.707. The van der Waals surface area contributed by atoms with Crippen LogP contribution < -0.4 is 0 Å². The first-order valence-electron chi connectivity index (χ1n) is 5.55. The van der Waals surface area contributed by atoms with Gasteiger partial charge in [0, 0.05) is 11.6 Å². The number of aryl methyl sites for hydroxylation is 1. The van der Waals surface area contributed by atoms with Crippen LogP contribution in [-0.2, 0) is 0 Å². The van der Waals surface area contributed by atoms with Crippen LogP contribution in [-0.4, -0.2) is 9.97 Å². The number of rotatable bonds is 1. The van der Waals surface area contributed by atoms with Crippen LogP contribution in [0.15, 0.2) is 40.9 Å². The first kappa shape index (κ1) is 11.4. The largest absolute Gasteiger partial charge is 0.338 e. The second-order valence-electron chi connectivity index (χ2n) is 4.24. The Labute approximate surface area is 112 Å². The van der Waals surface area contributed by atoms with E-state index < -0.39 is 0 Å². The van der Waals surface area contributed by atoms with Crippen molar-refractivity contribution in [2.24, 2.45) is 0 Å². The first-order valence-corrected chi connectivity index (χ1v) is 6.34. The van der Waals surface area contributed by atoms with E-state index in [1.165, 1.54) is 11.6 Å². The zero-order chi connectivity index (χ0) is 12.7. The number of aromatic amines is 1. The molecule has 1 aromatic heterocycles. The molecule has 18 heavy (non-hydrogen) atoms. The molecule has 0 radical (unpaired) electrons. The summed E-state index contributed by atoms with van der Waals surface area (Å²) in [6, 6.07) is 11.2. The Morgan fingerprint density at radius 2 is 2.06 bits per heavy atom. The molecule has 0 saturated heterocycles. The molecule has 0 amide bonds. The van der Waals surface area contributed by atoms with Gasteiger partial charge in [0.15, 0.2) is 0 Å². The van der Waals surface area contributed by atoms with Gasteiger partial charge in [-0.15, -0.1) is 0 Å². The molecule has 2 nitrogen and oxygen atoms in total. The normalized spacial score (nSPS) is 11.1. The number of hydrogen-bond donors (Lipinski definition) is 1. The highest BCUT2D eigenvalue weighted by Crippen LogP contribution is 2.25. The standard InChI is InChI=1S/C14H10BrFN2/c1-8-3-2-4-9(5-8)14-17-12-6-10(15)11(16)7-13(12)18-14/h2-7H,1H3,(H,17,18). The molecule has 4 heteroatoms. The number of hydrogen-bond acceptors (Lipinski definition) is 1. The predicted molar refractivity (Wildman–Crippen MR) is 73.9 cm³/mol. The minimum absolute atomic E-state index is 0.290. The Kier molecular flexibility index (Phi) is 2.67. The number of fused-ring (bicyclic) bond motifs is 1. The van der Waals surface area contributed by atoms with Gasteiger partial charge in [0.1, 0.15) is 11.6 Å². The number of halogens is 2. The Hall–Kier alpha value is -1.68. The van der Waals surface area contributed by atoms with Crippen molar-refractivity contribution in [3.8, 4) is 11.4 Å². The van der Waals surface area contributed by atoms with Crippen LogP contribution >= 0.6 is 15.9 Å². The van der Waals surface area contributed by atoms with Crippen molar-refractivity contribution in [2.45, 2.75) is 6.92 Å². The highest BCUT2D eigenvalue weighted by Gasteiger charge is 2.08. The maximum atomic E-state index is 13.4. The van der Waals surface area contributed by atoms with Crippen LogP contribution in [0.3, 0.4) is 0 Å². The maximum absolute atomic E-state index is 13.4. The molecule has 2 aromatic carbocycles. The van der Waals surface area contributed by atoms with E-state index >= 15 is 0 Å². The molecule has 0 aliphatic heterocycles. The van der Waals surface area contributed by atoms with Gasteiger partial charge >= 0.3 is 0 Å². The van der Waals surface area contributed by atoms with Crippen LogP contribution in [0.1, 0.15) is 5.56 Å². The SMILES string of the molecule is Cc1cccc(-c2nc3cc(Br)c(F)cc3[nH]2)c1. The second-order valence-corrected chi connectivity index (χ2v) is 5.09. The number of nitrogens with one attached hydrogen (secondary N) is 1. The van der Waals surface area contributed by atoms with Gasteiger partial charge < -0.3 is 4.98 Å². The van der Waals surface area contributed by atoms with E-state index in [1.807, 2.05) is 31.2 Å². The molecular weight excluding hydrogens is 295 g/mol. The molecular formula is C14H10BrFN2. The number of nitrogens with zero attached hydrogens (tertiary/aromatic N) is 1. The molecule has 3 aromatic rings. The number of aromatic nitrogens is 2. The van der Waals surface area contributed by atoms with Crippen LogP contribution in [0, 0.1) is 12.7 Å². The van der Waals surface area contributed by atoms with Crippen LogP contribution in [0.2, 0.25) is 0 Å². The van der Waals surface area contributed by atoms with Crippen LogP contribution in [0.5, 0.6) is 0 Å². The van der Waals surface area contributed by atoms with E-state index in [-0.39, 0.29) is 5.82 Å². The lowest BCUT2D eigenvalue weighted by atomic mass is 10.1. The van der Waals surface area contributed by atoms with Gasteiger partial charge in [0.25, 0.3) is 0 Å². The highest BCUT2D eigenvalue weighted by molar-refractivity contribution is 9.10. The van der Waals surface area contributed by atoms with Crippen molar-refractivity contribution in [3.05, 3.63) is 52.3 Å². The van der Waals surface area contributed by atoms with E-state index in [4.69, 9.17) is 0 Å². The number of H-pyrrole nitrogens is 1. The van der Waals surface area contributed by atoms with Crippen LogP contribution in [0.4, 0.5) is 4.39 Å². The van der Waals surface area contributed by atoms with Gasteiger partial charge in [-0.1, -0.05) is 23.8 Å². The minimum Gasteiger partial charge on any atom is -0.338 e. The van der Waals surface area contributed by atoms with E-state index in [0.717, 1.165) is 16.9 Å². The highest BCUT2D eigenvalue weighted by atomic mass is 79.9. The number of imidazole rings is 1.